The van der Waals surface area contributed by atoms with Crippen LogP contribution in [0.15, 0.2) is 19.7 Å². The summed E-state index contributed by atoms with van der Waals surface area (Å²) in [6.45, 7) is 4.39. The van der Waals surface area contributed by atoms with Gasteiger partial charge in [-0.15, -0.1) is 22.7 Å². The van der Waals surface area contributed by atoms with E-state index in [9.17, 15) is 0 Å². The zero-order chi connectivity index (χ0) is 14.3. The number of hydrogen-bond donors (Lipinski definition) is 1. The molecule has 2 heterocycles. The van der Waals surface area contributed by atoms with Crippen LogP contribution in [0.25, 0.3) is 0 Å². The van der Waals surface area contributed by atoms with Crippen molar-refractivity contribution in [3.05, 3.63) is 35.3 Å². The second-order valence-electron chi connectivity index (χ2n) is 5.41. The zero-order valence-electron chi connectivity index (χ0n) is 11.3. The second-order valence-corrected chi connectivity index (χ2v) is 9.56. The minimum atomic E-state index is 0.229. The molecule has 1 N–H and O–H groups in total. The molecule has 2 aromatic heterocycles. The summed E-state index contributed by atoms with van der Waals surface area (Å²) in [5.41, 5.74) is 1.20. The quantitative estimate of drug-likeness (QED) is 0.651. The molecule has 0 spiro atoms. The number of aromatic nitrogens is 1. The van der Waals surface area contributed by atoms with Gasteiger partial charge in [-0.05, 0) is 56.7 Å². The molecular formula is C14H16Br2N2S2. The van der Waals surface area contributed by atoms with E-state index >= 15 is 0 Å². The topological polar surface area (TPSA) is 24.9 Å². The molecule has 0 radical (unpaired) electrons. The molecule has 108 valence electrons. The largest absolute Gasteiger partial charge is 0.301 e. The molecule has 20 heavy (non-hydrogen) atoms. The van der Waals surface area contributed by atoms with Gasteiger partial charge in [0.15, 0.2) is 0 Å². The average molecular weight is 436 g/mol. The third-order valence-corrected chi connectivity index (χ3v) is 7.56. The van der Waals surface area contributed by atoms with Gasteiger partial charge in [0.2, 0.25) is 0 Å². The first-order valence-corrected chi connectivity index (χ1v) is 9.99. The Bertz CT molecular complexity index is 583. The highest BCUT2D eigenvalue weighted by molar-refractivity contribution is 9.13. The maximum atomic E-state index is 4.84. The summed E-state index contributed by atoms with van der Waals surface area (Å²) >= 11 is 10.7. The van der Waals surface area contributed by atoms with E-state index in [0.717, 1.165) is 8.26 Å². The monoisotopic (exact) mass is 434 g/mol. The number of thiazole rings is 1. The fraction of sp³-hybridized carbons (Fsp3) is 0.500. The van der Waals surface area contributed by atoms with Crippen molar-refractivity contribution in [2.75, 3.05) is 0 Å². The molecule has 2 nitrogen and oxygen atoms in total. The van der Waals surface area contributed by atoms with Crippen LogP contribution < -0.4 is 5.32 Å². The molecule has 1 saturated carbocycles. The van der Waals surface area contributed by atoms with Gasteiger partial charge in [0.1, 0.15) is 5.01 Å². The van der Waals surface area contributed by atoms with Gasteiger partial charge in [0, 0.05) is 20.8 Å². The molecule has 0 amide bonds. The molecule has 1 unspecified atom stereocenters. The first-order chi connectivity index (χ1) is 9.54. The zero-order valence-corrected chi connectivity index (χ0v) is 16.1. The number of nitrogens with one attached hydrogen (secondary N) is 1. The summed E-state index contributed by atoms with van der Waals surface area (Å²) in [6.07, 6.45) is 2.57. The minimum Gasteiger partial charge on any atom is -0.301 e. The van der Waals surface area contributed by atoms with Gasteiger partial charge in [0.05, 0.1) is 15.5 Å². The molecular weight excluding hydrogens is 420 g/mol. The molecule has 0 aromatic carbocycles. The molecule has 1 aliphatic carbocycles. The van der Waals surface area contributed by atoms with Gasteiger partial charge >= 0.3 is 0 Å². The Balaban J connectivity index is 1.91. The summed E-state index contributed by atoms with van der Waals surface area (Å²) in [4.78, 5) is 6.16. The maximum absolute atomic E-state index is 4.84. The van der Waals surface area contributed by atoms with E-state index in [2.05, 4.69) is 62.5 Å². The summed E-state index contributed by atoms with van der Waals surface area (Å²) in [7, 11) is 0. The predicted molar refractivity (Wildman–Crippen MR) is 93.9 cm³/mol. The predicted octanol–water partition coefficient (Wildman–Crippen LogP) is 5.69. The van der Waals surface area contributed by atoms with Crippen LogP contribution in [0.3, 0.4) is 0 Å². The Morgan fingerprint density at radius 3 is 2.60 bits per heavy atom. The molecule has 0 aliphatic heterocycles. The van der Waals surface area contributed by atoms with E-state index < -0.39 is 0 Å². The van der Waals surface area contributed by atoms with E-state index in [0.29, 0.717) is 12.0 Å². The van der Waals surface area contributed by atoms with E-state index in [1.807, 2.05) is 0 Å². The molecule has 1 aliphatic rings. The fourth-order valence-corrected chi connectivity index (χ4v) is 5.25. The maximum Gasteiger partial charge on any atom is 0.115 e. The van der Waals surface area contributed by atoms with Crippen molar-refractivity contribution < 1.29 is 0 Å². The molecule has 3 rings (SSSR count). The van der Waals surface area contributed by atoms with Crippen LogP contribution in [-0.4, -0.2) is 11.0 Å². The normalized spacial score (nSPS) is 16.9. The lowest BCUT2D eigenvalue weighted by Crippen LogP contribution is -2.23. The summed E-state index contributed by atoms with van der Waals surface area (Å²) in [5.74, 6) is 0.489. The third-order valence-electron chi connectivity index (χ3n) is 3.31. The standard InChI is InChI=1S/C14H16Br2N2S2/c1-7(2)10-6-19-14(18-10)12(17-8-3-4-8)11-5-9(15)13(16)20-11/h5-8,12,17H,3-4H2,1-2H3. The Labute approximate surface area is 144 Å². The van der Waals surface area contributed by atoms with Gasteiger partial charge in [-0.1, -0.05) is 13.8 Å². The van der Waals surface area contributed by atoms with Crippen molar-refractivity contribution in [1.29, 1.82) is 0 Å². The highest BCUT2D eigenvalue weighted by atomic mass is 79.9. The van der Waals surface area contributed by atoms with Crippen molar-refractivity contribution in [3.63, 3.8) is 0 Å². The fourth-order valence-electron chi connectivity index (χ4n) is 1.96. The Hall–Kier alpha value is 0.250. The third kappa shape index (κ3) is 3.35. The molecule has 2 aromatic rings. The van der Waals surface area contributed by atoms with Crippen LogP contribution in [0.4, 0.5) is 0 Å². The van der Waals surface area contributed by atoms with E-state index in [1.54, 1.807) is 22.7 Å². The molecule has 1 fully saturated rings. The van der Waals surface area contributed by atoms with E-state index in [-0.39, 0.29) is 6.04 Å². The van der Waals surface area contributed by atoms with Crippen molar-refractivity contribution in [1.82, 2.24) is 10.3 Å². The number of nitrogens with zero attached hydrogens (tertiary/aromatic N) is 1. The Morgan fingerprint density at radius 1 is 1.35 bits per heavy atom. The number of rotatable bonds is 5. The van der Waals surface area contributed by atoms with Crippen LogP contribution in [-0.2, 0) is 0 Å². The van der Waals surface area contributed by atoms with Crippen LogP contribution in [0.2, 0.25) is 0 Å². The summed E-state index contributed by atoms with van der Waals surface area (Å²) in [6, 6.07) is 3.09. The lowest BCUT2D eigenvalue weighted by atomic mass is 10.1. The van der Waals surface area contributed by atoms with Crippen molar-refractivity contribution >= 4 is 54.5 Å². The van der Waals surface area contributed by atoms with Crippen LogP contribution in [0.1, 0.15) is 54.2 Å². The van der Waals surface area contributed by atoms with Gasteiger partial charge in [0.25, 0.3) is 0 Å². The van der Waals surface area contributed by atoms with Gasteiger partial charge in [-0.3, -0.25) is 0 Å². The first-order valence-electron chi connectivity index (χ1n) is 6.70. The Morgan fingerprint density at radius 2 is 2.10 bits per heavy atom. The highest BCUT2D eigenvalue weighted by Crippen LogP contribution is 2.40. The van der Waals surface area contributed by atoms with Crippen LogP contribution >= 0.6 is 54.5 Å². The first kappa shape index (κ1) is 15.2. The minimum absolute atomic E-state index is 0.229. The van der Waals surface area contributed by atoms with Gasteiger partial charge in [-0.2, -0.15) is 0 Å². The smallest absolute Gasteiger partial charge is 0.115 e. The molecule has 0 saturated heterocycles. The Kier molecular flexibility index (Phi) is 4.67. The number of halogens is 2. The lowest BCUT2D eigenvalue weighted by Gasteiger charge is -2.14. The summed E-state index contributed by atoms with van der Waals surface area (Å²) in [5, 5.41) is 7.11. The van der Waals surface area contributed by atoms with Crippen LogP contribution in [0.5, 0.6) is 0 Å². The molecule has 0 bridgehead atoms. The SMILES string of the molecule is CC(C)c1csc(C(NC2CC2)c2cc(Br)c(Br)s2)n1. The molecule has 6 heteroatoms. The second kappa shape index (κ2) is 6.16. The van der Waals surface area contributed by atoms with Crippen molar-refractivity contribution in [2.24, 2.45) is 0 Å². The highest BCUT2D eigenvalue weighted by Gasteiger charge is 2.29. The average Bonchev–Trinajstić information content (AvgIpc) is 2.97. The van der Waals surface area contributed by atoms with E-state index in [1.165, 1.54) is 28.4 Å². The van der Waals surface area contributed by atoms with E-state index in [4.69, 9.17) is 4.98 Å². The summed E-state index contributed by atoms with van der Waals surface area (Å²) < 4.78 is 2.27. The van der Waals surface area contributed by atoms with Crippen LogP contribution in [0, 0.1) is 0 Å². The van der Waals surface area contributed by atoms with Gasteiger partial charge < -0.3 is 5.32 Å². The lowest BCUT2D eigenvalue weighted by molar-refractivity contribution is 0.603. The number of hydrogen-bond acceptors (Lipinski definition) is 4. The number of thiophene rings is 1. The van der Waals surface area contributed by atoms with Gasteiger partial charge in [-0.25, -0.2) is 4.98 Å². The van der Waals surface area contributed by atoms with Crippen molar-refractivity contribution in [3.8, 4) is 0 Å². The van der Waals surface area contributed by atoms with Crippen molar-refractivity contribution in [2.45, 2.75) is 44.7 Å². The molecule has 1 atom stereocenters.